The van der Waals surface area contributed by atoms with E-state index in [1.807, 2.05) is 6.07 Å². The van der Waals surface area contributed by atoms with Crippen molar-refractivity contribution < 1.29 is 8.42 Å². The van der Waals surface area contributed by atoms with E-state index < -0.39 is 10.0 Å². The van der Waals surface area contributed by atoms with Crippen molar-refractivity contribution in [1.82, 2.24) is 9.62 Å². The van der Waals surface area contributed by atoms with Crippen LogP contribution in [0.5, 0.6) is 0 Å². The number of hydrogen-bond acceptors (Lipinski definition) is 4. The number of rotatable bonds is 2. The fraction of sp³-hybridized carbons (Fsp3) is 0.500. The molecule has 1 aromatic carbocycles. The Morgan fingerprint density at radius 2 is 2.00 bits per heavy atom. The molecule has 0 saturated carbocycles. The molecule has 2 fully saturated rings. The summed E-state index contributed by atoms with van der Waals surface area (Å²) in [6.45, 7) is 3.07. The second-order valence-corrected chi connectivity index (χ2v) is 7.59. The van der Waals surface area contributed by atoms with Gasteiger partial charge < -0.3 is 5.32 Å². The summed E-state index contributed by atoms with van der Waals surface area (Å²) in [5.41, 5.74) is 0.599. The normalized spacial score (nSPS) is 26.9. The van der Waals surface area contributed by atoms with Crippen LogP contribution in [0.15, 0.2) is 29.2 Å². The van der Waals surface area contributed by atoms with E-state index in [1.54, 1.807) is 16.4 Å². The molecule has 6 heteroatoms. The van der Waals surface area contributed by atoms with Gasteiger partial charge in [0.25, 0.3) is 0 Å². The molecule has 3 rings (SSSR count). The third-order valence-electron chi connectivity index (χ3n) is 4.36. The van der Waals surface area contributed by atoms with Gasteiger partial charge >= 0.3 is 0 Å². The van der Waals surface area contributed by atoms with E-state index in [4.69, 9.17) is 5.26 Å². The van der Waals surface area contributed by atoms with Crippen LogP contribution in [-0.2, 0) is 10.0 Å². The van der Waals surface area contributed by atoms with Crippen LogP contribution in [-0.4, -0.2) is 38.9 Å². The molecular formula is C14H17N3O2S. The summed E-state index contributed by atoms with van der Waals surface area (Å²) in [4.78, 5) is 0.277. The van der Waals surface area contributed by atoms with Gasteiger partial charge in [0.2, 0.25) is 10.0 Å². The number of nitriles is 1. The van der Waals surface area contributed by atoms with Crippen LogP contribution in [0.25, 0.3) is 0 Å². The minimum absolute atomic E-state index is 0.125. The zero-order chi connectivity index (χ0) is 14.2. The maximum Gasteiger partial charge on any atom is 0.243 e. The number of nitrogens with zero attached hydrogens (tertiary/aromatic N) is 2. The zero-order valence-corrected chi connectivity index (χ0v) is 12.0. The highest BCUT2D eigenvalue weighted by atomic mass is 32.2. The Balaban J connectivity index is 1.83. The lowest BCUT2D eigenvalue weighted by molar-refractivity contribution is 0.338. The summed E-state index contributed by atoms with van der Waals surface area (Å²) >= 11 is 0. The first kappa shape index (κ1) is 13.6. The van der Waals surface area contributed by atoms with Gasteiger partial charge in [0.15, 0.2) is 0 Å². The van der Waals surface area contributed by atoms with E-state index in [2.05, 4.69) is 5.32 Å². The average molecular weight is 291 g/mol. The predicted molar refractivity (Wildman–Crippen MR) is 74.5 cm³/mol. The van der Waals surface area contributed by atoms with Crippen molar-refractivity contribution >= 4 is 10.0 Å². The molecule has 0 aliphatic carbocycles. The highest BCUT2D eigenvalue weighted by molar-refractivity contribution is 7.89. The van der Waals surface area contributed by atoms with E-state index in [0.29, 0.717) is 18.7 Å². The third-order valence-corrected chi connectivity index (χ3v) is 6.22. The molecule has 2 saturated heterocycles. The van der Waals surface area contributed by atoms with Crippen molar-refractivity contribution in [3.63, 3.8) is 0 Å². The molecule has 20 heavy (non-hydrogen) atoms. The first-order valence-corrected chi connectivity index (χ1v) is 8.21. The molecule has 2 aliphatic heterocycles. The lowest BCUT2D eigenvalue weighted by Gasteiger charge is -2.22. The van der Waals surface area contributed by atoms with Gasteiger partial charge in [-0.2, -0.15) is 9.57 Å². The van der Waals surface area contributed by atoms with Crippen LogP contribution < -0.4 is 5.32 Å². The summed E-state index contributed by atoms with van der Waals surface area (Å²) < 4.78 is 26.8. The number of benzene rings is 1. The first-order valence-electron chi connectivity index (χ1n) is 6.77. The van der Waals surface area contributed by atoms with Crippen molar-refractivity contribution in [2.45, 2.75) is 17.7 Å². The largest absolute Gasteiger partial charge is 0.316 e. The van der Waals surface area contributed by atoms with Crippen LogP contribution in [0.1, 0.15) is 18.4 Å². The van der Waals surface area contributed by atoms with Gasteiger partial charge in [-0.25, -0.2) is 8.42 Å². The number of nitrogens with one attached hydrogen (secondary N) is 1. The van der Waals surface area contributed by atoms with Crippen LogP contribution in [0.4, 0.5) is 0 Å². The Labute approximate surface area is 119 Å². The van der Waals surface area contributed by atoms with Gasteiger partial charge in [-0.3, -0.25) is 0 Å². The van der Waals surface area contributed by atoms with Crippen molar-refractivity contribution in [3.05, 3.63) is 29.8 Å². The summed E-state index contributed by atoms with van der Waals surface area (Å²) in [6.07, 6.45) is 1.97. The molecule has 1 N–H and O–H groups in total. The molecule has 2 heterocycles. The van der Waals surface area contributed by atoms with Gasteiger partial charge in [0.05, 0.1) is 16.5 Å². The van der Waals surface area contributed by atoms with Crippen LogP contribution in [0, 0.1) is 16.7 Å². The monoisotopic (exact) mass is 291 g/mol. The minimum atomic E-state index is -3.43. The average Bonchev–Trinajstić information content (AvgIpc) is 3.10. The fourth-order valence-corrected chi connectivity index (χ4v) is 4.65. The molecule has 2 aliphatic rings. The molecule has 0 radical (unpaired) electrons. The second-order valence-electron chi connectivity index (χ2n) is 5.65. The molecule has 0 bridgehead atoms. The van der Waals surface area contributed by atoms with E-state index in [1.165, 1.54) is 12.1 Å². The van der Waals surface area contributed by atoms with Crippen LogP contribution >= 0.6 is 0 Å². The van der Waals surface area contributed by atoms with Gasteiger partial charge in [0.1, 0.15) is 0 Å². The molecular weight excluding hydrogens is 274 g/mol. The Bertz CT molecular complexity index is 640. The van der Waals surface area contributed by atoms with Crippen molar-refractivity contribution in [3.8, 4) is 6.07 Å². The second kappa shape index (κ2) is 4.85. The molecule has 1 spiro atoms. The minimum Gasteiger partial charge on any atom is -0.316 e. The van der Waals surface area contributed by atoms with E-state index in [-0.39, 0.29) is 10.3 Å². The fourth-order valence-electron chi connectivity index (χ4n) is 3.09. The van der Waals surface area contributed by atoms with Crippen LogP contribution in [0.2, 0.25) is 0 Å². The maximum absolute atomic E-state index is 12.6. The lowest BCUT2D eigenvalue weighted by atomic mass is 9.87. The van der Waals surface area contributed by atoms with E-state index in [9.17, 15) is 8.42 Å². The van der Waals surface area contributed by atoms with Gasteiger partial charge in [-0.15, -0.1) is 0 Å². The summed E-state index contributed by atoms with van der Waals surface area (Å²) in [7, 11) is -3.43. The SMILES string of the molecule is N#Cc1ccc(S(=O)(=O)N2CCC3(CCNC3)C2)cc1. The maximum atomic E-state index is 12.6. The summed E-state index contributed by atoms with van der Waals surface area (Å²) in [6, 6.07) is 8.14. The van der Waals surface area contributed by atoms with Gasteiger partial charge in [-0.05, 0) is 49.1 Å². The molecule has 5 nitrogen and oxygen atoms in total. The molecule has 1 aromatic rings. The van der Waals surface area contributed by atoms with Crippen molar-refractivity contribution in [1.29, 1.82) is 5.26 Å². The van der Waals surface area contributed by atoms with Gasteiger partial charge in [-0.1, -0.05) is 0 Å². The standard InChI is InChI=1S/C14H17N3O2S/c15-9-12-1-3-13(4-2-12)20(18,19)17-8-6-14(11-17)5-7-16-10-14/h1-4,16H,5-8,10-11H2. The summed E-state index contributed by atoms with van der Waals surface area (Å²) in [5, 5.41) is 12.1. The molecule has 1 atom stereocenters. The first-order chi connectivity index (χ1) is 9.56. The Hall–Kier alpha value is -1.42. The topological polar surface area (TPSA) is 73.2 Å². The van der Waals surface area contributed by atoms with Crippen LogP contribution in [0.3, 0.4) is 0 Å². The zero-order valence-electron chi connectivity index (χ0n) is 11.2. The quantitative estimate of drug-likeness (QED) is 0.880. The Morgan fingerprint density at radius 3 is 2.60 bits per heavy atom. The highest BCUT2D eigenvalue weighted by Gasteiger charge is 2.44. The van der Waals surface area contributed by atoms with E-state index in [0.717, 1.165) is 25.9 Å². The predicted octanol–water partition coefficient (Wildman–Crippen LogP) is 0.932. The molecule has 0 aromatic heterocycles. The number of hydrogen-bond donors (Lipinski definition) is 1. The van der Waals surface area contributed by atoms with Crippen molar-refractivity contribution in [2.75, 3.05) is 26.2 Å². The lowest BCUT2D eigenvalue weighted by Crippen LogP contribution is -2.33. The van der Waals surface area contributed by atoms with Gasteiger partial charge in [0, 0.05) is 19.6 Å². The molecule has 106 valence electrons. The Morgan fingerprint density at radius 1 is 1.25 bits per heavy atom. The smallest absolute Gasteiger partial charge is 0.243 e. The number of sulfonamides is 1. The molecule has 0 amide bonds. The molecule has 1 unspecified atom stereocenters. The van der Waals surface area contributed by atoms with E-state index >= 15 is 0 Å². The highest BCUT2D eigenvalue weighted by Crippen LogP contribution is 2.38. The summed E-state index contributed by atoms with van der Waals surface area (Å²) in [5.74, 6) is 0. The van der Waals surface area contributed by atoms with Crippen molar-refractivity contribution in [2.24, 2.45) is 5.41 Å². The Kier molecular flexibility index (Phi) is 3.28. The third kappa shape index (κ3) is 2.22.